The summed E-state index contributed by atoms with van der Waals surface area (Å²) >= 11 is 4.89. The van der Waals surface area contributed by atoms with Gasteiger partial charge in [0.1, 0.15) is 4.83 Å². The molecule has 0 aromatic carbocycles. The van der Waals surface area contributed by atoms with Crippen molar-refractivity contribution < 1.29 is 9.53 Å². The number of pyridine rings is 1. The van der Waals surface area contributed by atoms with Gasteiger partial charge in [0.15, 0.2) is 0 Å². The maximum atomic E-state index is 12.3. The van der Waals surface area contributed by atoms with Crippen LogP contribution in [0.1, 0.15) is 23.2 Å². The van der Waals surface area contributed by atoms with Crippen molar-refractivity contribution in [2.24, 2.45) is 0 Å². The van der Waals surface area contributed by atoms with Crippen molar-refractivity contribution in [2.45, 2.75) is 18.9 Å². The fourth-order valence-corrected chi connectivity index (χ4v) is 3.38. The van der Waals surface area contributed by atoms with Crippen molar-refractivity contribution in [1.29, 1.82) is 0 Å². The zero-order valence-electron chi connectivity index (χ0n) is 10.2. The van der Waals surface area contributed by atoms with Crippen LogP contribution in [0.15, 0.2) is 22.1 Å². The molecule has 1 amide bonds. The Morgan fingerprint density at radius 1 is 1.47 bits per heavy atom. The van der Waals surface area contributed by atoms with Gasteiger partial charge in [-0.15, -0.1) is 11.3 Å². The summed E-state index contributed by atoms with van der Waals surface area (Å²) in [6, 6.07) is 2.16. The summed E-state index contributed by atoms with van der Waals surface area (Å²) in [5.74, 6) is -0.0157. The Labute approximate surface area is 123 Å². The molecular formula is C13H13BrN2O2S. The molecule has 100 valence electrons. The highest BCUT2D eigenvalue weighted by atomic mass is 79.9. The highest BCUT2D eigenvalue weighted by molar-refractivity contribution is 9.10. The highest BCUT2D eigenvalue weighted by Crippen LogP contribution is 2.26. The van der Waals surface area contributed by atoms with Gasteiger partial charge < -0.3 is 10.1 Å². The number of ether oxygens (including phenoxy) is 1. The van der Waals surface area contributed by atoms with E-state index in [1.54, 1.807) is 6.20 Å². The first kappa shape index (κ1) is 13.0. The lowest BCUT2D eigenvalue weighted by molar-refractivity contribution is 0.0697. The van der Waals surface area contributed by atoms with E-state index in [4.69, 9.17) is 4.74 Å². The number of rotatable bonds is 2. The lowest BCUT2D eigenvalue weighted by atomic mass is 10.1. The zero-order chi connectivity index (χ0) is 13.2. The molecule has 1 saturated heterocycles. The zero-order valence-corrected chi connectivity index (χ0v) is 12.6. The van der Waals surface area contributed by atoms with Crippen LogP contribution in [0.4, 0.5) is 0 Å². The average molecular weight is 341 g/mol. The molecule has 0 atom stereocenters. The minimum Gasteiger partial charge on any atom is -0.381 e. The SMILES string of the molecule is O=C(NC1CCOCC1)c1csc2ncc(Br)cc12. The molecule has 1 fully saturated rings. The van der Waals surface area contributed by atoms with Gasteiger partial charge in [0, 0.05) is 40.7 Å². The van der Waals surface area contributed by atoms with Gasteiger partial charge in [-0.25, -0.2) is 4.98 Å². The average Bonchev–Trinajstić information content (AvgIpc) is 2.82. The predicted molar refractivity (Wildman–Crippen MR) is 78.6 cm³/mol. The van der Waals surface area contributed by atoms with Crippen molar-refractivity contribution in [3.8, 4) is 0 Å². The monoisotopic (exact) mass is 340 g/mol. The largest absolute Gasteiger partial charge is 0.381 e. The number of nitrogens with zero attached hydrogens (tertiary/aromatic N) is 1. The molecule has 1 aliphatic rings. The molecule has 3 heterocycles. The maximum absolute atomic E-state index is 12.3. The smallest absolute Gasteiger partial charge is 0.253 e. The van der Waals surface area contributed by atoms with Gasteiger partial charge in [-0.3, -0.25) is 4.79 Å². The molecule has 1 N–H and O–H groups in total. The first-order valence-electron chi connectivity index (χ1n) is 6.15. The topological polar surface area (TPSA) is 51.2 Å². The molecule has 0 bridgehead atoms. The quantitative estimate of drug-likeness (QED) is 0.914. The summed E-state index contributed by atoms with van der Waals surface area (Å²) in [5, 5.41) is 5.86. The van der Waals surface area contributed by atoms with Crippen LogP contribution in [-0.4, -0.2) is 30.1 Å². The summed E-state index contributed by atoms with van der Waals surface area (Å²) in [7, 11) is 0. The third-order valence-electron chi connectivity index (χ3n) is 3.20. The number of hydrogen-bond donors (Lipinski definition) is 1. The van der Waals surface area contributed by atoms with E-state index >= 15 is 0 Å². The molecule has 0 spiro atoms. The van der Waals surface area contributed by atoms with Gasteiger partial charge in [-0.2, -0.15) is 0 Å². The van der Waals surface area contributed by atoms with Gasteiger partial charge in [-0.1, -0.05) is 0 Å². The number of thiophene rings is 1. The lowest BCUT2D eigenvalue weighted by Crippen LogP contribution is -2.38. The first-order chi connectivity index (χ1) is 9.24. The molecular weight excluding hydrogens is 328 g/mol. The second-order valence-corrected chi connectivity index (χ2v) is 6.29. The van der Waals surface area contributed by atoms with Gasteiger partial charge in [-0.05, 0) is 34.8 Å². The summed E-state index contributed by atoms with van der Waals surface area (Å²) in [4.78, 5) is 17.5. The molecule has 0 unspecified atom stereocenters. The van der Waals surface area contributed by atoms with E-state index in [0.29, 0.717) is 5.56 Å². The van der Waals surface area contributed by atoms with Gasteiger partial charge in [0.2, 0.25) is 0 Å². The Bertz CT molecular complexity index is 608. The van der Waals surface area contributed by atoms with Crippen LogP contribution in [0.3, 0.4) is 0 Å². The normalized spacial score (nSPS) is 16.7. The van der Waals surface area contributed by atoms with Gasteiger partial charge in [0.25, 0.3) is 5.91 Å². The predicted octanol–water partition coefficient (Wildman–Crippen LogP) is 2.97. The molecule has 4 nitrogen and oxygen atoms in total. The number of amides is 1. The number of carbonyl (C=O) groups is 1. The Hall–Kier alpha value is -0.980. The Morgan fingerprint density at radius 3 is 3.05 bits per heavy atom. The molecule has 0 aliphatic carbocycles. The second kappa shape index (κ2) is 5.56. The number of aromatic nitrogens is 1. The Morgan fingerprint density at radius 2 is 2.26 bits per heavy atom. The minimum atomic E-state index is -0.0157. The molecule has 2 aromatic rings. The molecule has 3 rings (SSSR count). The lowest BCUT2D eigenvalue weighted by Gasteiger charge is -2.22. The first-order valence-corrected chi connectivity index (χ1v) is 7.82. The van der Waals surface area contributed by atoms with Crippen molar-refractivity contribution >= 4 is 43.4 Å². The van der Waals surface area contributed by atoms with E-state index in [0.717, 1.165) is 40.7 Å². The minimum absolute atomic E-state index is 0.0157. The molecule has 0 saturated carbocycles. The molecule has 19 heavy (non-hydrogen) atoms. The number of halogens is 1. The molecule has 2 aromatic heterocycles. The number of hydrogen-bond acceptors (Lipinski definition) is 4. The molecule has 1 aliphatic heterocycles. The van der Waals surface area contributed by atoms with Crippen LogP contribution < -0.4 is 5.32 Å². The van der Waals surface area contributed by atoms with Crippen LogP contribution >= 0.6 is 27.3 Å². The van der Waals surface area contributed by atoms with Crippen molar-refractivity contribution in [3.63, 3.8) is 0 Å². The Balaban J connectivity index is 1.82. The van der Waals surface area contributed by atoms with E-state index in [-0.39, 0.29) is 11.9 Å². The van der Waals surface area contributed by atoms with Crippen LogP contribution in [0.25, 0.3) is 10.2 Å². The summed E-state index contributed by atoms with van der Waals surface area (Å²) in [5.41, 5.74) is 0.709. The van der Waals surface area contributed by atoms with Gasteiger partial charge >= 0.3 is 0 Å². The summed E-state index contributed by atoms with van der Waals surface area (Å²) in [6.07, 6.45) is 3.52. The number of nitrogens with one attached hydrogen (secondary N) is 1. The standard InChI is InChI=1S/C13H13BrN2O2S/c14-8-5-10-11(7-19-13(10)15-6-8)12(17)16-9-1-3-18-4-2-9/h5-7,9H,1-4H2,(H,16,17). The third kappa shape index (κ3) is 2.80. The fraction of sp³-hybridized carbons (Fsp3) is 0.385. The van der Waals surface area contributed by atoms with Crippen LogP contribution in [0.5, 0.6) is 0 Å². The van der Waals surface area contributed by atoms with Crippen molar-refractivity contribution in [1.82, 2.24) is 10.3 Å². The maximum Gasteiger partial charge on any atom is 0.253 e. The number of fused-ring (bicyclic) bond motifs is 1. The molecule has 0 radical (unpaired) electrons. The van der Waals surface area contributed by atoms with Crippen LogP contribution in [-0.2, 0) is 4.74 Å². The summed E-state index contributed by atoms with van der Waals surface area (Å²) in [6.45, 7) is 1.45. The van der Waals surface area contributed by atoms with Gasteiger partial charge in [0.05, 0.1) is 5.56 Å². The van der Waals surface area contributed by atoms with E-state index in [1.807, 2.05) is 11.4 Å². The second-order valence-electron chi connectivity index (χ2n) is 4.52. The molecule has 6 heteroatoms. The third-order valence-corrected chi connectivity index (χ3v) is 4.53. The van der Waals surface area contributed by atoms with E-state index in [9.17, 15) is 4.79 Å². The fourth-order valence-electron chi connectivity index (χ4n) is 2.17. The number of carbonyl (C=O) groups excluding carboxylic acids is 1. The van der Waals surface area contributed by atoms with Crippen molar-refractivity contribution in [2.75, 3.05) is 13.2 Å². The van der Waals surface area contributed by atoms with E-state index in [1.165, 1.54) is 11.3 Å². The van der Waals surface area contributed by atoms with Crippen molar-refractivity contribution in [3.05, 3.63) is 27.7 Å². The highest BCUT2D eigenvalue weighted by Gasteiger charge is 2.19. The Kier molecular flexibility index (Phi) is 3.81. The van der Waals surface area contributed by atoms with E-state index < -0.39 is 0 Å². The van der Waals surface area contributed by atoms with Crippen LogP contribution in [0.2, 0.25) is 0 Å². The van der Waals surface area contributed by atoms with Crippen LogP contribution in [0, 0.1) is 0 Å². The van der Waals surface area contributed by atoms with E-state index in [2.05, 4.69) is 26.2 Å². The summed E-state index contributed by atoms with van der Waals surface area (Å²) < 4.78 is 6.18.